The first kappa shape index (κ1) is 14.4. The van der Waals surface area contributed by atoms with E-state index in [1.54, 1.807) is 12.3 Å². The zero-order valence-corrected chi connectivity index (χ0v) is 12.8. The topological polar surface area (TPSA) is 48.7 Å². The van der Waals surface area contributed by atoms with Gasteiger partial charge in [0.2, 0.25) is 0 Å². The van der Waals surface area contributed by atoms with E-state index >= 15 is 0 Å². The highest BCUT2D eigenvalue weighted by Gasteiger charge is 2.11. The fourth-order valence-corrected chi connectivity index (χ4v) is 2.74. The number of nitrogens with one attached hydrogen (secondary N) is 1. The molecule has 0 aliphatic rings. The number of halogens is 1. The molecule has 1 aromatic heterocycles. The van der Waals surface area contributed by atoms with Gasteiger partial charge in [0.25, 0.3) is 0 Å². The zero-order valence-electron chi connectivity index (χ0n) is 12.0. The van der Waals surface area contributed by atoms with Crippen molar-refractivity contribution >= 4 is 28.2 Å². The van der Waals surface area contributed by atoms with Crippen molar-refractivity contribution in [3.05, 3.63) is 70.9 Å². The molecule has 4 heteroatoms. The number of pyridine rings is 1. The lowest BCUT2D eigenvalue weighted by molar-refractivity contribution is 0.884. The summed E-state index contributed by atoms with van der Waals surface area (Å²) in [5, 5.41) is 15.1. The van der Waals surface area contributed by atoms with Crippen LogP contribution in [0.25, 0.3) is 10.8 Å². The normalized spacial score (nSPS) is 11.9. The number of nitriles is 1. The van der Waals surface area contributed by atoms with E-state index in [2.05, 4.69) is 29.4 Å². The lowest BCUT2D eigenvalue weighted by Gasteiger charge is -2.17. The lowest BCUT2D eigenvalue weighted by Crippen LogP contribution is -2.08. The summed E-state index contributed by atoms with van der Waals surface area (Å²) in [6.45, 7) is 2.08. The van der Waals surface area contributed by atoms with Crippen molar-refractivity contribution in [2.24, 2.45) is 0 Å². The molecule has 0 amide bonds. The highest BCUT2D eigenvalue weighted by atomic mass is 35.5. The molecule has 0 spiro atoms. The molecule has 3 rings (SSSR count). The van der Waals surface area contributed by atoms with Crippen LogP contribution < -0.4 is 5.32 Å². The monoisotopic (exact) mass is 307 g/mol. The Labute approximate surface area is 134 Å². The van der Waals surface area contributed by atoms with Crippen molar-refractivity contribution in [3.8, 4) is 6.07 Å². The third kappa shape index (κ3) is 2.74. The Morgan fingerprint density at radius 3 is 2.55 bits per heavy atom. The number of rotatable bonds is 3. The molecule has 0 radical (unpaired) electrons. The molecule has 0 bridgehead atoms. The summed E-state index contributed by atoms with van der Waals surface area (Å²) in [7, 11) is 0. The van der Waals surface area contributed by atoms with Crippen molar-refractivity contribution in [3.63, 3.8) is 0 Å². The fourth-order valence-electron chi connectivity index (χ4n) is 2.51. The van der Waals surface area contributed by atoms with E-state index < -0.39 is 0 Å². The van der Waals surface area contributed by atoms with E-state index in [4.69, 9.17) is 16.9 Å². The summed E-state index contributed by atoms with van der Waals surface area (Å²) in [6, 6.07) is 17.7. The molecule has 1 atom stereocenters. The van der Waals surface area contributed by atoms with E-state index in [-0.39, 0.29) is 6.04 Å². The quantitative estimate of drug-likeness (QED) is 0.746. The lowest BCUT2D eigenvalue weighted by atomic mass is 9.99. The largest absolute Gasteiger partial charge is 0.364 e. The van der Waals surface area contributed by atoms with Gasteiger partial charge in [-0.2, -0.15) is 5.26 Å². The molecular weight excluding hydrogens is 294 g/mol. The van der Waals surface area contributed by atoms with Crippen LogP contribution in [0.15, 0.2) is 54.7 Å². The van der Waals surface area contributed by atoms with Crippen molar-refractivity contribution in [2.45, 2.75) is 13.0 Å². The standard InChI is InChI=1S/C18H14ClN3/c1-12(22-18-9-6-13(10-20)11-21-18)14-7-8-17(19)16-5-3-2-4-15(14)16/h2-9,11-12H,1H3,(H,21,22). The van der Waals surface area contributed by atoms with Crippen molar-refractivity contribution in [1.29, 1.82) is 5.26 Å². The first-order valence-electron chi connectivity index (χ1n) is 6.99. The molecule has 0 aliphatic heterocycles. The molecule has 3 nitrogen and oxygen atoms in total. The average Bonchev–Trinajstić information content (AvgIpc) is 2.56. The fraction of sp³-hybridized carbons (Fsp3) is 0.111. The summed E-state index contributed by atoms with van der Waals surface area (Å²) in [4.78, 5) is 4.25. The molecule has 22 heavy (non-hydrogen) atoms. The minimum absolute atomic E-state index is 0.0719. The van der Waals surface area contributed by atoms with Gasteiger partial charge in [-0.15, -0.1) is 0 Å². The van der Waals surface area contributed by atoms with Crippen LogP contribution in [0.3, 0.4) is 0 Å². The zero-order chi connectivity index (χ0) is 15.5. The highest BCUT2D eigenvalue weighted by molar-refractivity contribution is 6.35. The Balaban J connectivity index is 1.93. The van der Waals surface area contributed by atoms with Crippen molar-refractivity contribution in [1.82, 2.24) is 4.98 Å². The van der Waals surface area contributed by atoms with Gasteiger partial charge in [0.15, 0.2) is 0 Å². The molecular formula is C18H14ClN3. The van der Waals surface area contributed by atoms with Crippen molar-refractivity contribution < 1.29 is 0 Å². The Kier molecular flexibility index (Phi) is 3.95. The molecule has 0 saturated carbocycles. The van der Waals surface area contributed by atoms with E-state index in [1.165, 1.54) is 0 Å². The van der Waals surface area contributed by atoms with Crippen LogP contribution in [0.1, 0.15) is 24.1 Å². The van der Waals surface area contributed by atoms with Gasteiger partial charge < -0.3 is 5.32 Å². The smallest absolute Gasteiger partial charge is 0.126 e. The molecule has 2 aromatic carbocycles. The summed E-state index contributed by atoms with van der Waals surface area (Å²) in [5.74, 6) is 0.741. The second-order valence-corrected chi connectivity index (χ2v) is 5.50. The van der Waals surface area contributed by atoms with E-state index in [0.717, 1.165) is 27.2 Å². The molecule has 0 aliphatic carbocycles. The van der Waals surface area contributed by atoms with Gasteiger partial charge in [0.05, 0.1) is 11.6 Å². The van der Waals surface area contributed by atoms with Crippen LogP contribution in [0.5, 0.6) is 0 Å². The Morgan fingerprint density at radius 2 is 1.86 bits per heavy atom. The van der Waals surface area contributed by atoms with Gasteiger partial charge in [0.1, 0.15) is 11.9 Å². The van der Waals surface area contributed by atoms with Crippen LogP contribution in [0, 0.1) is 11.3 Å². The molecule has 1 unspecified atom stereocenters. The highest BCUT2D eigenvalue weighted by Crippen LogP contribution is 2.31. The SMILES string of the molecule is CC(Nc1ccc(C#N)cn1)c1ccc(Cl)c2ccccc12. The van der Waals surface area contributed by atoms with Gasteiger partial charge in [0, 0.05) is 16.6 Å². The van der Waals surface area contributed by atoms with Crippen LogP contribution in [-0.4, -0.2) is 4.98 Å². The molecule has 1 heterocycles. The van der Waals surface area contributed by atoms with E-state index in [1.807, 2.05) is 36.4 Å². The second kappa shape index (κ2) is 6.05. The Bertz CT molecular complexity index is 850. The number of anilines is 1. The van der Waals surface area contributed by atoms with Crippen molar-refractivity contribution in [2.75, 3.05) is 5.32 Å². The number of nitrogens with zero attached hydrogens (tertiary/aromatic N) is 2. The van der Waals surface area contributed by atoms with E-state index in [0.29, 0.717) is 5.56 Å². The predicted octanol–water partition coefficient (Wildman–Crippen LogP) is 4.93. The number of fused-ring (bicyclic) bond motifs is 1. The molecule has 108 valence electrons. The summed E-state index contributed by atoms with van der Waals surface area (Å²) in [5.41, 5.74) is 1.71. The van der Waals surface area contributed by atoms with Gasteiger partial charge >= 0.3 is 0 Å². The van der Waals surface area contributed by atoms with Crippen LogP contribution in [0.2, 0.25) is 5.02 Å². The number of hydrogen-bond donors (Lipinski definition) is 1. The van der Waals surface area contributed by atoms with Crippen LogP contribution in [-0.2, 0) is 0 Å². The minimum atomic E-state index is 0.0719. The third-order valence-corrected chi connectivity index (χ3v) is 3.96. The summed E-state index contributed by atoms with van der Waals surface area (Å²) < 4.78 is 0. The Morgan fingerprint density at radius 1 is 1.09 bits per heavy atom. The van der Waals surface area contributed by atoms with Gasteiger partial charge in [-0.25, -0.2) is 4.98 Å². The number of hydrogen-bond acceptors (Lipinski definition) is 3. The van der Waals surface area contributed by atoms with Gasteiger partial charge in [-0.05, 0) is 36.1 Å². The summed E-state index contributed by atoms with van der Waals surface area (Å²) >= 11 is 6.26. The first-order valence-corrected chi connectivity index (χ1v) is 7.36. The molecule has 0 fully saturated rings. The maximum absolute atomic E-state index is 8.81. The number of benzene rings is 2. The maximum atomic E-state index is 8.81. The molecule has 3 aromatic rings. The minimum Gasteiger partial charge on any atom is -0.364 e. The Hall–Kier alpha value is -2.57. The number of aromatic nitrogens is 1. The maximum Gasteiger partial charge on any atom is 0.126 e. The van der Waals surface area contributed by atoms with Crippen LogP contribution >= 0.6 is 11.6 Å². The third-order valence-electron chi connectivity index (χ3n) is 3.63. The molecule has 1 N–H and O–H groups in total. The predicted molar refractivity (Wildman–Crippen MR) is 89.9 cm³/mol. The van der Waals surface area contributed by atoms with E-state index in [9.17, 15) is 0 Å². The van der Waals surface area contributed by atoms with Crippen LogP contribution in [0.4, 0.5) is 5.82 Å². The summed E-state index contributed by atoms with van der Waals surface area (Å²) in [6.07, 6.45) is 1.56. The van der Waals surface area contributed by atoms with Gasteiger partial charge in [-0.1, -0.05) is 41.9 Å². The molecule has 0 saturated heterocycles. The second-order valence-electron chi connectivity index (χ2n) is 5.09. The average molecular weight is 308 g/mol. The first-order chi connectivity index (χ1) is 10.7. The van der Waals surface area contributed by atoms with Gasteiger partial charge in [-0.3, -0.25) is 0 Å².